The van der Waals surface area contributed by atoms with Crippen LogP contribution in [0.3, 0.4) is 0 Å². The smallest absolute Gasteiger partial charge is 0.301 e. The van der Waals surface area contributed by atoms with E-state index in [9.17, 15) is 19.8 Å². The number of aliphatic hydroxyl groups excluding tert-OH is 1. The first kappa shape index (κ1) is 24.0. The van der Waals surface area contributed by atoms with Gasteiger partial charge in [-0.1, -0.05) is 65.0 Å². The number of rotatable bonds is 6. The van der Waals surface area contributed by atoms with Crippen LogP contribution in [-0.2, 0) is 15.3 Å². The molecule has 1 unspecified atom stereocenters. The van der Waals surface area contributed by atoms with Gasteiger partial charge in [0.05, 0.1) is 11.6 Å². The Balaban J connectivity index is 1.54. The third kappa shape index (κ3) is 4.58. The molecular weight excluding hydrogens is 520 g/mol. The van der Waals surface area contributed by atoms with Crippen LogP contribution < -0.4 is 4.90 Å². The Kier molecular flexibility index (Phi) is 6.73. The monoisotopic (exact) mass is 536 g/mol. The van der Waals surface area contributed by atoms with Crippen molar-refractivity contribution in [3.05, 3.63) is 100 Å². The third-order valence-electron chi connectivity index (χ3n) is 5.49. The SMILES string of the molecule is O=C1C(=O)N(c2nnc(SCc3ccccc3Cl)s2)C(c2cccc(O)c2)C1=C(O)c1ccncc1. The number of amides is 1. The number of Topliss-reactive ketones (excluding diaryl/α,β-unsaturated/α-hetero) is 1. The van der Waals surface area contributed by atoms with E-state index >= 15 is 0 Å². The number of aliphatic hydroxyl groups is 1. The number of pyridine rings is 1. The molecule has 8 nitrogen and oxygen atoms in total. The first-order chi connectivity index (χ1) is 17.4. The molecule has 1 atom stereocenters. The molecule has 4 aromatic rings. The van der Waals surface area contributed by atoms with Crippen LogP contribution in [0.1, 0.15) is 22.7 Å². The van der Waals surface area contributed by atoms with E-state index < -0.39 is 17.7 Å². The number of phenolic OH excluding ortho intramolecular Hbond substituents is 1. The van der Waals surface area contributed by atoms with E-state index in [1.165, 1.54) is 53.3 Å². The fourth-order valence-corrected chi connectivity index (χ4v) is 5.97. The van der Waals surface area contributed by atoms with Gasteiger partial charge in [-0.2, -0.15) is 0 Å². The molecule has 0 spiro atoms. The summed E-state index contributed by atoms with van der Waals surface area (Å²) in [6.07, 6.45) is 2.95. The summed E-state index contributed by atoms with van der Waals surface area (Å²) in [5.41, 5.74) is 1.59. The van der Waals surface area contributed by atoms with Gasteiger partial charge in [0.15, 0.2) is 4.34 Å². The highest BCUT2D eigenvalue weighted by Gasteiger charge is 2.48. The highest BCUT2D eigenvalue weighted by atomic mass is 35.5. The summed E-state index contributed by atoms with van der Waals surface area (Å²) in [5.74, 6) is -1.55. The number of hydrogen-bond donors (Lipinski definition) is 2. The van der Waals surface area contributed by atoms with E-state index in [1.807, 2.05) is 18.2 Å². The predicted octanol–water partition coefficient (Wildman–Crippen LogP) is 5.21. The van der Waals surface area contributed by atoms with Gasteiger partial charge < -0.3 is 10.2 Å². The number of nitrogens with zero attached hydrogens (tertiary/aromatic N) is 4. The molecule has 0 saturated carbocycles. The quantitative estimate of drug-likeness (QED) is 0.113. The van der Waals surface area contributed by atoms with Gasteiger partial charge in [-0.25, -0.2) is 0 Å². The molecule has 1 aliphatic rings. The lowest BCUT2D eigenvalue weighted by atomic mass is 9.95. The number of hydrogen-bond acceptors (Lipinski definition) is 9. The number of aromatic hydroxyl groups is 1. The maximum Gasteiger partial charge on any atom is 0.301 e. The number of halogens is 1. The second-order valence-electron chi connectivity index (χ2n) is 7.73. The van der Waals surface area contributed by atoms with Crippen LogP contribution >= 0.6 is 34.7 Å². The number of carbonyl (C=O) groups excluding carboxylic acids is 2. The summed E-state index contributed by atoms with van der Waals surface area (Å²) in [6, 6.07) is 15.7. The summed E-state index contributed by atoms with van der Waals surface area (Å²) in [6.45, 7) is 0. The molecule has 1 aliphatic heterocycles. The zero-order valence-corrected chi connectivity index (χ0v) is 20.8. The van der Waals surface area contributed by atoms with E-state index in [2.05, 4.69) is 15.2 Å². The molecule has 1 fully saturated rings. The molecule has 2 aromatic carbocycles. The van der Waals surface area contributed by atoms with Crippen molar-refractivity contribution in [3.8, 4) is 5.75 Å². The number of ketones is 1. The van der Waals surface area contributed by atoms with Crippen LogP contribution in [0.5, 0.6) is 5.75 Å². The average molecular weight is 537 g/mol. The molecule has 0 radical (unpaired) electrons. The number of thioether (sulfide) groups is 1. The van der Waals surface area contributed by atoms with Gasteiger partial charge >= 0.3 is 5.91 Å². The molecule has 36 heavy (non-hydrogen) atoms. The number of anilines is 1. The molecule has 5 rings (SSSR count). The lowest BCUT2D eigenvalue weighted by Gasteiger charge is -2.22. The topological polar surface area (TPSA) is 117 Å². The molecule has 1 amide bonds. The summed E-state index contributed by atoms with van der Waals surface area (Å²) in [4.78, 5) is 31.5. The lowest BCUT2D eigenvalue weighted by Crippen LogP contribution is -2.29. The minimum atomic E-state index is -1.01. The second kappa shape index (κ2) is 10.1. The van der Waals surface area contributed by atoms with Crippen LogP contribution in [0.2, 0.25) is 5.02 Å². The Morgan fingerprint density at radius 1 is 1.06 bits per heavy atom. The van der Waals surface area contributed by atoms with Crippen LogP contribution in [0, 0.1) is 0 Å². The van der Waals surface area contributed by atoms with E-state index in [0.29, 0.717) is 26.2 Å². The van der Waals surface area contributed by atoms with Crippen LogP contribution in [-0.4, -0.2) is 37.1 Å². The highest BCUT2D eigenvalue weighted by Crippen LogP contribution is 2.44. The molecule has 2 N–H and O–H groups in total. The van der Waals surface area contributed by atoms with Crippen LogP contribution in [0.15, 0.2) is 83.0 Å². The van der Waals surface area contributed by atoms with Crippen LogP contribution in [0.4, 0.5) is 5.13 Å². The van der Waals surface area contributed by atoms with Crippen molar-refractivity contribution >= 4 is 57.3 Å². The first-order valence-electron chi connectivity index (χ1n) is 10.6. The summed E-state index contributed by atoms with van der Waals surface area (Å²) in [7, 11) is 0. The van der Waals surface area contributed by atoms with Crippen molar-refractivity contribution in [2.24, 2.45) is 0 Å². The fraction of sp³-hybridized carbons (Fsp3) is 0.0800. The Labute approximate surface area is 218 Å². The van der Waals surface area contributed by atoms with Gasteiger partial charge in [0.25, 0.3) is 5.78 Å². The van der Waals surface area contributed by atoms with Gasteiger partial charge in [-0.05, 0) is 41.5 Å². The summed E-state index contributed by atoms with van der Waals surface area (Å²) < 4.78 is 0.579. The summed E-state index contributed by atoms with van der Waals surface area (Å²) in [5, 5.41) is 30.3. The van der Waals surface area contributed by atoms with Crippen molar-refractivity contribution in [3.63, 3.8) is 0 Å². The predicted molar refractivity (Wildman–Crippen MR) is 138 cm³/mol. The summed E-state index contributed by atoms with van der Waals surface area (Å²) >= 11 is 8.79. The zero-order chi connectivity index (χ0) is 25.2. The van der Waals surface area contributed by atoms with E-state index in [0.717, 1.165) is 16.9 Å². The maximum absolute atomic E-state index is 13.2. The van der Waals surface area contributed by atoms with E-state index in [1.54, 1.807) is 18.2 Å². The molecule has 11 heteroatoms. The Morgan fingerprint density at radius 2 is 1.83 bits per heavy atom. The van der Waals surface area contributed by atoms with Crippen molar-refractivity contribution in [1.82, 2.24) is 15.2 Å². The minimum Gasteiger partial charge on any atom is -0.508 e. The Hall–Kier alpha value is -3.73. The standard InChI is InChI=1S/C25H17ClN4O4S2/c26-18-7-2-1-4-16(18)13-35-25-29-28-24(36-25)30-20(15-5-3-6-17(31)12-15)19(22(33)23(30)34)21(32)14-8-10-27-11-9-14/h1-12,20,31-32H,13H2. The Morgan fingerprint density at radius 3 is 2.58 bits per heavy atom. The van der Waals surface area contributed by atoms with Crippen molar-refractivity contribution in [1.29, 1.82) is 0 Å². The number of benzene rings is 2. The highest BCUT2D eigenvalue weighted by molar-refractivity contribution is 8.00. The molecule has 3 heterocycles. The lowest BCUT2D eigenvalue weighted by molar-refractivity contribution is -0.132. The molecular formula is C25H17ClN4O4S2. The molecule has 1 saturated heterocycles. The number of carbonyl (C=O) groups is 2. The maximum atomic E-state index is 13.2. The van der Waals surface area contributed by atoms with Gasteiger partial charge in [0, 0.05) is 28.7 Å². The van der Waals surface area contributed by atoms with Gasteiger partial charge in [0.1, 0.15) is 11.5 Å². The van der Waals surface area contributed by atoms with Gasteiger partial charge in [-0.15, -0.1) is 10.2 Å². The largest absolute Gasteiger partial charge is 0.508 e. The van der Waals surface area contributed by atoms with Crippen molar-refractivity contribution < 1.29 is 19.8 Å². The zero-order valence-electron chi connectivity index (χ0n) is 18.4. The van der Waals surface area contributed by atoms with E-state index in [-0.39, 0.29) is 22.2 Å². The molecule has 0 bridgehead atoms. The fourth-order valence-electron chi connectivity index (χ4n) is 3.82. The van der Waals surface area contributed by atoms with Crippen LogP contribution in [0.25, 0.3) is 5.76 Å². The van der Waals surface area contributed by atoms with Crippen molar-refractivity contribution in [2.75, 3.05) is 4.90 Å². The number of aromatic nitrogens is 3. The third-order valence-corrected chi connectivity index (χ3v) is 7.97. The molecule has 2 aromatic heterocycles. The normalized spacial score (nSPS) is 17.0. The van der Waals surface area contributed by atoms with Gasteiger partial charge in [0.2, 0.25) is 5.13 Å². The molecule has 180 valence electrons. The minimum absolute atomic E-state index is 0.0461. The second-order valence-corrected chi connectivity index (χ2v) is 10.3. The first-order valence-corrected chi connectivity index (χ1v) is 12.8. The van der Waals surface area contributed by atoms with E-state index in [4.69, 9.17) is 11.6 Å². The molecule has 0 aliphatic carbocycles. The Bertz CT molecular complexity index is 1490. The van der Waals surface area contributed by atoms with Crippen molar-refractivity contribution in [2.45, 2.75) is 16.1 Å². The van der Waals surface area contributed by atoms with Gasteiger partial charge in [-0.3, -0.25) is 19.5 Å². The average Bonchev–Trinajstić information content (AvgIpc) is 3.46. The number of phenols is 1.